The topological polar surface area (TPSA) is 50.8 Å². The molecular formula is C12H29N2O3P. The van der Waals surface area contributed by atoms with E-state index in [1.165, 1.54) is 0 Å². The van der Waals surface area contributed by atoms with E-state index in [9.17, 15) is 4.57 Å². The van der Waals surface area contributed by atoms with Crippen LogP contribution in [0, 0.1) is 0 Å². The third-order valence-corrected chi connectivity index (χ3v) is 4.79. The Kier molecular flexibility index (Phi) is 11.0. The van der Waals surface area contributed by atoms with Crippen molar-refractivity contribution < 1.29 is 13.6 Å². The second-order valence-electron chi connectivity index (χ2n) is 3.95. The highest BCUT2D eigenvalue weighted by atomic mass is 31.2. The van der Waals surface area contributed by atoms with E-state index < -0.39 is 7.60 Å². The summed E-state index contributed by atoms with van der Waals surface area (Å²) < 4.78 is 22.6. The summed E-state index contributed by atoms with van der Waals surface area (Å²) in [5, 5.41) is 3.28. The molecule has 0 amide bonds. The maximum absolute atomic E-state index is 12.1. The first-order valence-electron chi connectivity index (χ1n) is 6.93. The Morgan fingerprint density at radius 2 is 1.56 bits per heavy atom. The van der Waals surface area contributed by atoms with E-state index in [-0.39, 0.29) is 0 Å². The zero-order valence-corrected chi connectivity index (χ0v) is 13.2. The van der Waals surface area contributed by atoms with Crippen molar-refractivity contribution in [1.29, 1.82) is 0 Å². The molecule has 0 bridgehead atoms. The minimum atomic E-state index is -2.87. The van der Waals surface area contributed by atoms with Crippen molar-refractivity contribution in [3.05, 3.63) is 0 Å². The van der Waals surface area contributed by atoms with Gasteiger partial charge in [-0.1, -0.05) is 13.8 Å². The lowest BCUT2D eigenvalue weighted by atomic mass is 10.4. The molecule has 5 nitrogen and oxygen atoms in total. The van der Waals surface area contributed by atoms with Gasteiger partial charge < -0.3 is 19.3 Å². The summed E-state index contributed by atoms with van der Waals surface area (Å²) in [5.41, 5.74) is 0. The van der Waals surface area contributed by atoms with Crippen LogP contribution in [-0.4, -0.2) is 57.0 Å². The van der Waals surface area contributed by atoms with Crippen LogP contribution in [0.5, 0.6) is 0 Å². The van der Waals surface area contributed by atoms with Crippen molar-refractivity contribution in [2.24, 2.45) is 0 Å². The molecule has 0 atom stereocenters. The van der Waals surface area contributed by atoms with Gasteiger partial charge in [0.2, 0.25) is 0 Å². The lowest BCUT2D eigenvalue weighted by molar-refractivity contribution is 0.220. The van der Waals surface area contributed by atoms with E-state index >= 15 is 0 Å². The first-order chi connectivity index (χ1) is 8.61. The van der Waals surface area contributed by atoms with Crippen molar-refractivity contribution in [3.8, 4) is 0 Å². The van der Waals surface area contributed by atoms with Gasteiger partial charge in [-0.25, -0.2) is 0 Å². The Hall–Kier alpha value is 0.0700. The highest BCUT2D eigenvalue weighted by Gasteiger charge is 2.22. The monoisotopic (exact) mass is 280 g/mol. The number of hydrogen-bond acceptors (Lipinski definition) is 5. The molecular weight excluding hydrogens is 251 g/mol. The number of hydrogen-bond donors (Lipinski definition) is 1. The van der Waals surface area contributed by atoms with Gasteiger partial charge >= 0.3 is 7.60 Å². The standard InChI is InChI=1S/C12H29N2O3P/c1-5-14(6-2)11-9-13-10-12-18(15,16-7-3)17-8-4/h13H,5-12H2,1-4H3. The van der Waals surface area contributed by atoms with Gasteiger partial charge in [-0.05, 0) is 26.9 Å². The van der Waals surface area contributed by atoms with Gasteiger partial charge in [0.05, 0.1) is 19.4 Å². The van der Waals surface area contributed by atoms with E-state index in [1.807, 2.05) is 13.8 Å². The zero-order chi connectivity index (χ0) is 13.9. The fraction of sp³-hybridized carbons (Fsp3) is 1.00. The van der Waals surface area contributed by atoms with Gasteiger partial charge in [-0.2, -0.15) is 0 Å². The molecule has 0 heterocycles. The normalized spacial score (nSPS) is 12.3. The Bertz CT molecular complexity index is 225. The third kappa shape index (κ3) is 8.22. The van der Waals surface area contributed by atoms with E-state index in [1.54, 1.807) is 0 Å². The highest BCUT2D eigenvalue weighted by Crippen LogP contribution is 2.47. The molecule has 0 spiro atoms. The molecule has 0 aliphatic heterocycles. The van der Waals surface area contributed by atoms with E-state index in [0.29, 0.717) is 25.9 Å². The number of nitrogens with one attached hydrogen (secondary N) is 1. The molecule has 0 aliphatic rings. The van der Waals surface area contributed by atoms with Crippen LogP contribution in [-0.2, 0) is 13.6 Å². The molecule has 0 saturated heterocycles. The fourth-order valence-corrected chi connectivity index (χ4v) is 3.23. The molecule has 0 rings (SSSR count). The van der Waals surface area contributed by atoms with Crippen LogP contribution < -0.4 is 5.32 Å². The first kappa shape index (κ1) is 18.1. The summed E-state index contributed by atoms with van der Waals surface area (Å²) in [6, 6.07) is 0. The van der Waals surface area contributed by atoms with Gasteiger partial charge in [0.1, 0.15) is 0 Å². The summed E-state index contributed by atoms with van der Waals surface area (Å²) >= 11 is 0. The number of rotatable bonds is 12. The van der Waals surface area contributed by atoms with Gasteiger partial charge in [-0.3, -0.25) is 4.57 Å². The van der Waals surface area contributed by atoms with Crippen LogP contribution in [0.4, 0.5) is 0 Å². The predicted octanol–water partition coefficient (Wildman–Crippen LogP) is 2.18. The average molecular weight is 280 g/mol. The molecule has 0 unspecified atom stereocenters. The van der Waals surface area contributed by atoms with Gasteiger partial charge in [0.15, 0.2) is 0 Å². The average Bonchev–Trinajstić information content (AvgIpc) is 2.34. The Balaban J connectivity index is 3.76. The summed E-state index contributed by atoms with van der Waals surface area (Å²) in [6.45, 7) is 13.5. The minimum Gasteiger partial charge on any atom is -0.315 e. The minimum absolute atomic E-state index is 0.427. The smallest absolute Gasteiger partial charge is 0.315 e. The molecule has 0 aliphatic carbocycles. The molecule has 0 radical (unpaired) electrons. The lowest BCUT2D eigenvalue weighted by Gasteiger charge is -2.19. The summed E-state index contributed by atoms with van der Waals surface area (Å²) in [5.74, 6) is 0. The Morgan fingerprint density at radius 1 is 1.00 bits per heavy atom. The van der Waals surface area contributed by atoms with Crippen molar-refractivity contribution >= 4 is 7.60 Å². The van der Waals surface area contributed by atoms with Gasteiger partial charge in [0, 0.05) is 19.6 Å². The van der Waals surface area contributed by atoms with Crippen LogP contribution in [0.1, 0.15) is 27.7 Å². The van der Waals surface area contributed by atoms with Crippen molar-refractivity contribution in [2.45, 2.75) is 27.7 Å². The molecule has 0 saturated carbocycles. The lowest BCUT2D eigenvalue weighted by Crippen LogP contribution is -2.33. The van der Waals surface area contributed by atoms with Crippen molar-refractivity contribution in [3.63, 3.8) is 0 Å². The number of likely N-dealkylation sites (N-methyl/N-ethyl adjacent to an activating group) is 1. The maximum atomic E-state index is 12.1. The third-order valence-electron chi connectivity index (χ3n) is 2.71. The van der Waals surface area contributed by atoms with E-state index in [2.05, 4.69) is 24.1 Å². The highest BCUT2D eigenvalue weighted by molar-refractivity contribution is 7.53. The molecule has 18 heavy (non-hydrogen) atoms. The largest absolute Gasteiger partial charge is 0.331 e. The molecule has 110 valence electrons. The van der Waals surface area contributed by atoms with Crippen LogP contribution in [0.2, 0.25) is 0 Å². The molecule has 0 aromatic carbocycles. The van der Waals surface area contributed by atoms with Gasteiger partial charge in [0.25, 0.3) is 0 Å². The van der Waals surface area contributed by atoms with Crippen LogP contribution in [0.15, 0.2) is 0 Å². The van der Waals surface area contributed by atoms with E-state index in [4.69, 9.17) is 9.05 Å². The van der Waals surface area contributed by atoms with Gasteiger partial charge in [-0.15, -0.1) is 0 Å². The van der Waals surface area contributed by atoms with Crippen molar-refractivity contribution in [1.82, 2.24) is 10.2 Å². The van der Waals surface area contributed by atoms with Crippen LogP contribution >= 0.6 is 7.60 Å². The SMILES string of the molecule is CCOP(=O)(CCNCCN(CC)CC)OCC. The molecule has 0 aromatic rings. The number of nitrogens with zero attached hydrogens (tertiary/aromatic N) is 1. The first-order valence-corrected chi connectivity index (χ1v) is 8.65. The quantitative estimate of drug-likeness (QED) is 0.438. The van der Waals surface area contributed by atoms with Crippen molar-refractivity contribution in [2.75, 3.05) is 52.1 Å². The zero-order valence-electron chi connectivity index (χ0n) is 12.3. The molecule has 0 fully saturated rings. The predicted molar refractivity (Wildman–Crippen MR) is 76.4 cm³/mol. The second-order valence-corrected chi connectivity index (χ2v) is 6.13. The molecule has 6 heteroatoms. The molecule has 1 N–H and O–H groups in total. The summed E-state index contributed by atoms with van der Waals surface area (Å²) in [7, 11) is -2.87. The second kappa shape index (κ2) is 10.9. The fourth-order valence-electron chi connectivity index (χ4n) is 1.68. The van der Waals surface area contributed by atoms with Crippen LogP contribution in [0.3, 0.4) is 0 Å². The molecule has 0 aromatic heterocycles. The summed E-state index contributed by atoms with van der Waals surface area (Å²) in [4.78, 5) is 2.34. The Morgan fingerprint density at radius 3 is 2.00 bits per heavy atom. The summed E-state index contributed by atoms with van der Waals surface area (Å²) in [6.07, 6.45) is 0.437. The van der Waals surface area contributed by atoms with Crippen LogP contribution in [0.25, 0.3) is 0 Å². The Labute approximate surface area is 112 Å². The van der Waals surface area contributed by atoms with E-state index in [0.717, 1.165) is 26.2 Å². The maximum Gasteiger partial charge on any atom is 0.331 e.